The topological polar surface area (TPSA) is 26.3 Å². The molecule has 0 saturated carbocycles. The smallest absolute Gasteiger partial charge is 0.312 e. The van der Waals surface area contributed by atoms with Gasteiger partial charge in [-0.2, -0.15) is 0 Å². The third-order valence-corrected chi connectivity index (χ3v) is 1.39. The van der Waals surface area contributed by atoms with Crippen molar-refractivity contribution < 1.29 is 9.53 Å². The number of carbonyl (C=O) groups is 1. The highest BCUT2D eigenvalue weighted by Crippen LogP contribution is 2.00. The minimum atomic E-state index is -0.166. The Kier molecular flexibility index (Phi) is 5.90. The van der Waals surface area contributed by atoms with Gasteiger partial charge in [-0.3, -0.25) is 4.79 Å². The lowest BCUT2D eigenvalue weighted by Crippen LogP contribution is -2.10. The van der Waals surface area contributed by atoms with Crippen LogP contribution in [-0.2, 0) is 9.53 Å². The molecule has 0 bridgehead atoms. The van der Waals surface area contributed by atoms with Crippen molar-refractivity contribution in [3.8, 4) is 0 Å². The summed E-state index contributed by atoms with van der Waals surface area (Å²) in [7, 11) is 0. The van der Waals surface area contributed by atoms with Gasteiger partial charge in [0.1, 0.15) is 0 Å². The molecule has 0 unspecified atom stereocenters. The molecule has 0 saturated heterocycles. The van der Waals surface area contributed by atoms with E-state index in [-0.39, 0.29) is 5.97 Å². The van der Waals surface area contributed by atoms with Crippen molar-refractivity contribution >= 4 is 5.97 Å². The Hall–Kier alpha value is -0.530. The van der Waals surface area contributed by atoms with Gasteiger partial charge < -0.3 is 4.74 Å². The van der Waals surface area contributed by atoms with Crippen molar-refractivity contribution in [3.05, 3.63) is 5.92 Å². The summed E-state index contributed by atoms with van der Waals surface area (Å²) in [5.41, 5.74) is 0. The number of rotatable bonds is 5. The molecule has 0 rings (SSSR count). The molecule has 11 heavy (non-hydrogen) atoms. The van der Waals surface area contributed by atoms with Crippen molar-refractivity contribution in [2.24, 2.45) is 0 Å². The largest absolute Gasteiger partial charge is 0.465 e. The van der Waals surface area contributed by atoms with Crippen LogP contribution in [-0.4, -0.2) is 12.6 Å². The molecule has 0 aromatic heterocycles. The quantitative estimate of drug-likeness (QED) is 0.452. The molecule has 1 radical (unpaired) electrons. The Labute approximate surface area is 68.9 Å². The second kappa shape index (κ2) is 6.20. The zero-order valence-corrected chi connectivity index (χ0v) is 7.64. The maximum atomic E-state index is 10.8. The summed E-state index contributed by atoms with van der Waals surface area (Å²) in [6.45, 7) is 6.22. The molecule has 2 nitrogen and oxygen atoms in total. The van der Waals surface area contributed by atoms with E-state index in [1.165, 1.54) is 0 Å². The van der Waals surface area contributed by atoms with Crippen LogP contribution in [0.2, 0.25) is 0 Å². The van der Waals surface area contributed by atoms with Crippen LogP contribution in [0, 0.1) is 5.92 Å². The van der Waals surface area contributed by atoms with Gasteiger partial charge in [-0.25, -0.2) is 0 Å². The monoisotopic (exact) mass is 157 g/mol. The summed E-state index contributed by atoms with van der Waals surface area (Å²) in [6.07, 6.45) is 3.28. The van der Waals surface area contributed by atoms with Gasteiger partial charge in [-0.05, 0) is 20.3 Å². The number of ether oxygens (including phenoxy) is 1. The van der Waals surface area contributed by atoms with E-state index in [2.05, 4.69) is 6.92 Å². The number of esters is 1. The SMILES string of the molecule is CCCCCOC(=O)[C](C)C. The van der Waals surface area contributed by atoms with Crippen LogP contribution in [0.5, 0.6) is 0 Å². The van der Waals surface area contributed by atoms with Crippen LogP contribution >= 0.6 is 0 Å². The molecule has 65 valence electrons. The lowest BCUT2D eigenvalue weighted by atomic mass is 10.2. The molecule has 0 atom stereocenters. The first-order valence-corrected chi connectivity index (χ1v) is 4.15. The second-order valence-corrected chi connectivity index (χ2v) is 2.84. The average molecular weight is 157 g/mol. The lowest BCUT2D eigenvalue weighted by Gasteiger charge is -2.05. The van der Waals surface area contributed by atoms with Gasteiger partial charge >= 0.3 is 5.97 Å². The molecular formula is C9H17O2. The first-order chi connectivity index (χ1) is 5.18. The minimum Gasteiger partial charge on any atom is -0.465 e. The fourth-order valence-corrected chi connectivity index (χ4v) is 0.661. The standard InChI is InChI=1S/C9H17O2/c1-4-5-6-7-11-9(10)8(2)3/h4-7H2,1-3H3. The van der Waals surface area contributed by atoms with E-state index in [9.17, 15) is 4.79 Å². The van der Waals surface area contributed by atoms with E-state index in [1.807, 2.05) is 0 Å². The van der Waals surface area contributed by atoms with Gasteiger partial charge in [0.2, 0.25) is 0 Å². The van der Waals surface area contributed by atoms with Crippen LogP contribution < -0.4 is 0 Å². The molecule has 2 heteroatoms. The third kappa shape index (κ3) is 5.89. The molecule has 0 aliphatic carbocycles. The third-order valence-electron chi connectivity index (χ3n) is 1.39. The fourth-order valence-electron chi connectivity index (χ4n) is 0.661. The summed E-state index contributed by atoms with van der Waals surface area (Å²) >= 11 is 0. The Balaban J connectivity index is 3.18. The summed E-state index contributed by atoms with van der Waals surface area (Å²) in [5, 5.41) is 0. The molecule has 0 spiro atoms. The summed E-state index contributed by atoms with van der Waals surface area (Å²) in [6, 6.07) is 0. The zero-order chi connectivity index (χ0) is 8.69. The van der Waals surface area contributed by atoms with Crippen LogP contribution in [0.1, 0.15) is 40.0 Å². The van der Waals surface area contributed by atoms with Crippen molar-refractivity contribution in [1.82, 2.24) is 0 Å². The van der Waals surface area contributed by atoms with Gasteiger partial charge in [0.15, 0.2) is 0 Å². The minimum absolute atomic E-state index is 0.166. The van der Waals surface area contributed by atoms with Crippen LogP contribution in [0.4, 0.5) is 0 Å². The van der Waals surface area contributed by atoms with Gasteiger partial charge in [-0.15, -0.1) is 0 Å². The Bertz CT molecular complexity index is 108. The molecule has 0 aliphatic rings. The Morgan fingerprint density at radius 3 is 2.36 bits per heavy atom. The summed E-state index contributed by atoms with van der Waals surface area (Å²) < 4.78 is 4.93. The highest BCUT2D eigenvalue weighted by Gasteiger charge is 2.07. The normalized spacial score (nSPS) is 10.2. The van der Waals surface area contributed by atoms with E-state index in [4.69, 9.17) is 4.74 Å². The molecule has 0 fully saturated rings. The van der Waals surface area contributed by atoms with Gasteiger partial charge in [0.05, 0.1) is 12.5 Å². The van der Waals surface area contributed by atoms with Crippen LogP contribution in [0.25, 0.3) is 0 Å². The number of hydrogen-bond acceptors (Lipinski definition) is 2. The zero-order valence-electron chi connectivity index (χ0n) is 7.64. The average Bonchev–Trinajstić information content (AvgIpc) is 1.97. The molecule has 0 amide bonds. The number of unbranched alkanes of at least 4 members (excludes halogenated alkanes) is 2. The van der Waals surface area contributed by atoms with Crippen molar-refractivity contribution in [3.63, 3.8) is 0 Å². The number of hydrogen-bond donors (Lipinski definition) is 0. The van der Waals surface area contributed by atoms with Gasteiger partial charge in [0, 0.05) is 0 Å². The molecule has 0 heterocycles. The van der Waals surface area contributed by atoms with Crippen LogP contribution in [0.15, 0.2) is 0 Å². The van der Waals surface area contributed by atoms with Crippen LogP contribution in [0.3, 0.4) is 0 Å². The first kappa shape index (κ1) is 10.5. The fraction of sp³-hybridized carbons (Fsp3) is 0.778. The summed E-state index contributed by atoms with van der Waals surface area (Å²) in [5.74, 6) is 0.558. The maximum Gasteiger partial charge on any atom is 0.312 e. The van der Waals surface area contributed by atoms with E-state index < -0.39 is 0 Å². The molecule has 0 aromatic rings. The van der Waals surface area contributed by atoms with Crippen molar-refractivity contribution in [2.75, 3.05) is 6.61 Å². The highest BCUT2D eigenvalue weighted by molar-refractivity contribution is 5.83. The molecule has 0 aromatic carbocycles. The maximum absolute atomic E-state index is 10.8. The van der Waals surface area contributed by atoms with Crippen molar-refractivity contribution in [1.29, 1.82) is 0 Å². The highest BCUT2D eigenvalue weighted by atomic mass is 16.5. The van der Waals surface area contributed by atoms with Gasteiger partial charge in [-0.1, -0.05) is 19.8 Å². The Morgan fingerprint density at radius 2 is 1.91 bits per heavy atom. The molecular weight excluding hydrogens is 140 g/mol. The predicted octanol–water partition coefficient (Wildman–Crippen LogP) is 2.33. The predicted molar refractivity (Wildman–Crippen MR) is 45.1 cm³/mol. The molecule has 0 aliphatic heterocycles. The lowest BCUT2D eigenvalue weighted by molar-refractivity contribution is -0.141. The van der Waals surface area contributed by atoms with E-state index in [0.717, 1.165) is 25.2 Å². The first-order valence-electron chi connectivity index (χ1n) is 4.15. The van der Waals surface area contributed by atoms with E-state index in [0.29, 0.717) is 6.61 Å². The van der Waals surface area contributed by atoms with E-state index in [1.54, 1.807) is 13.8 Å². The molecule has 0 N–H and O–H groups in total. The second-order valence-electron chi connectivity index (χ2n) is 2.84. The van der Waals surface area contributed by atoms with Gasteiger partial charge in [0.25, 0.3) is 0 Å². The Morgan fingerprint density at radius 1 is 1.27 bits per heavy atom. The van der Waals surface area contributed by atoms with Crippen molar-refractivity contribution in [2.45, 2.75) is 40.0 Å². The summed E-state index contributed by atoms with van der Waals surface area (Å²) in [4.78, 5) is 10.8. The van der Waals surface area contributed by atoms with E-state index >= 15 is 0 Å². The number of carbonyl (C=O) groups excluding carboxylic acids is 1.